The molecule has 102 valence electrons. The van der Waals surface area contributed by atoms with Gasteiger partial charge in [0.2, 0.25) is 0 Å². The van der Waals surface area contributed by atoms with Gasteiger partial charge in [0, 0.05) is 6.04 Å². The van der Waals surface area contributed by atoms with E-state index in [9.17, 15) is 26.3 Å². The van der Waals surface area contributed by atoms with Crippen LogP contribution in [0.15, 0.2) is 18.2 Å². The summed E-state index contributed by atoms with van der Waals surface area (Å²) >= 11 is 5.45. The number of halogens is 7. The first-order chi connectivity index (χ1) is 8.02. The fourth-order valence-electron chi connectivity index (χ4n) is 1.41. The molecule has 1 atom stereocenters. The van der Waals surface area contributed by atoms with Gasteiger partial charge in [-0.3, -0.25) is 0 Å². The summed E-state index contributed by atoms with van der Waals surface area (Å²) in [5.74, 6) is 0. The van der Waals surface area contributed by atoms with Gasteiger partial charge in [0.05, 0.1) is 17.0 Å². The van der Waals surface area contributed by atoms with Crippen molar-refractivity contribution in [2.24, 2.45) is 5.73 Å². The molecule has 0 bridgehead atoms. The third-order valence-electron chi connectivity index (χ3n) is 2.18. The lowest BCUT2D eigenvalue weighted by atomic mass is 10.0. The Labute approximate surface area is 104 Å². The molecule has 0 fully saturated rings. The van der Waals surface area contributed by atoms with E-state index in [1.807, 2.05) is 0 Å². The van der Waals surface area contributed by atoms with E-state index in [1.54, 1.807) is 0 Å². The lowest BCUT2D eigenvalue weighted by molar-refractivity contribution is -0.138. The molecule has 0 amide bonds. The molecule has 18 heavy (non-hydrogen) atoms. The number of rotatable bonds is 2. The van der Waals surface area contributed by atoms with E-state index in [0.29, 0.717) is 6.07 Å². The minimum absolute atomic E-state index is 0.371. The number of benzene rings is 1. The van der Waals surface area contributed by atoms with Crippen LogP contribution in [0.5, 0.6) is 0 Å². The Bertz CT molecular complexity index is 425. The Morgan fingerprint density at radius 3 is 2.11 bits per heavy atom. The maximum Gasteiger partial charge on any atom is 0.417 e. The van der Waals surface area contributed by atoms with Crippen LogP contribution in [-0.2, 0) is 6.18 Å². The van der Waals surface area contributed by atoms with E-state index in [2.05, 4.69) is 0 Å². The van der Waals surface area contributed by atoms with Crippen LogP contribution in [0.25, 0.3) is 0 Å². The predicted molar refractivity (Wildman–Crippen MR) is 54.1 cm³/mol. The summed E-state index contributed by atoms with van der Waals surface area (Å²) in [4.78, 5) is 0. The van der Waals surface area contributed by atoms with Gasteiger partial charge in [0.25, 0.3) is 0 Å². The third-order valence-corrected chi connectivity index (χ3v) is 2.61. The monoisotopic (exact) mass is 291 g/mol. The molecule has 8 heteroatoms. The second-order valence-corrected chi connectivity index (χ2v) is 4.01. The quantitative estimate of drug-likeness (QED) is 0.807. The molecule has 1 aromatic carbocycles. The second-order valence-electron chi connectivity index (χ2n) is 3.63. The normalized spacial score (nSPS) is 14.7. The average Bonchev–Trinajstić information content (AvgIpc) is 2.12. The number of nitrogens with two attached hydrogens (primary N) is 1. The van der Waals surface area contributed by atoms with Gasteiger partial charge in [-0.2, -0.15) is 26.3 Å². The van der Waals surface area contributed by atoms with Crippen LogP contribution < -0.4 is 5.73 Å². The van der Waals surface area contributed by atoms with Crippen molar-refractivity contribution in [3.8, 4) is 0 Å². The minimum atomic E-state index is -4.73. The second kappa shape index (κ2) is 4.97. The summed E-state index contributed by atoms with van der Waals surface area (Å²) in [6.45, 7) is 0. The Kier molecular flexibility index (Phi) is 4.17. The summed E-state index contributed by atoms with van der Waals surface area (Å²) in [6.07, 6.45) is -10.7. The van der Waals surface area contributed by atoms with Crippen molar-refractivity contribution in [3.63, 3.8) is 0 Å². The van der Waals surface area contributed by atoms with Crippen molar-refractivity contribution in [1.82, 2.24) is 0 Å². The van der Waals surface area contributed by atoms with E-state index >= 15 is 0 Å². The highest BCUT2D eigenvalue weighted by molar-refractivity contribution is 6.32. The summed E-state index contributed by atoms with van der Waals surface area (Å²) in [7, 11) is 0. The average molecular weight is 292 g/mol. The minimum Gasteiger partial charge on any atom is -0.324 e. The standard InChI is InChI=1S/C10H8ClF6N/c11-8-5(7(18)4-9(12,13)14)2-1-3-6(8)10(15,16)17/h1-3,7H,4,18H2/t7-/m1/s1. The highest BCUT2D eigenvalue weighted by Gasteiger charge is 2.36. The predicted octanol–water partition coefficient (Wildman–Crippen LogP) is 4.31. The summed E-state index contributed by atoms with van der Waals surface area (Å²) in [5.41, 5.74) is 3.66. The van der Waals surface area contributed by atoms with Gasteiger partial charge in [-0.1, -0.05) is 23.7 Å². The third kappa shape index (κ3) is 3.78. The van der Waals surface area contributed by atoms with E-state index in [0.717, 1.165) is 12.1 Å². The molecule has 1 nitrogen and oxygen atoms in total. The van der Waals surface area contributed by atoms with Crippen LogP contribution in [-0.4, -0.2) is 6.18 Å². The van der Waals surface area contributed by atoms with Gasteiger partial charge in [0.15, 0.2) is 0 Å². The van der Waals surface area contributed by atoms with Crippen molar-refractivity contribution >= 4 is 11.6 Å². The Hall–Kier alpha value is -0.950. The van der Waals surface area contributed by atoms with Gasteiger partial charge >= 0.3 is 12.4 Å². The first kappa shape index (κ1) is 15.1. The largest absolute Gasteiger partial charge is 0.417 e. The molecule has 0 aliphatic carbocycles. The summed E-state index contributed by atoms with van der Waals surface area (Å²) in [6, 6.07) is 1.08. The van der Waals surface area contributed by atoms with E-state index in [-0.39, 0.29) is 5.56 Å². The van der Waals surface area contributed by atoms with Gasteiger partial charge < -0.3 is 5.73 Å². The molecule has 0 saturated carbocycles. The van der Waals surface area contributed by atoms with Gasteiger partial charge in [0.1, 0.15) is 0 Å². The Morgan fingerprint density at radius 1 is 1.11 bits per heavy atom. The highest BCUT2D eigenvalue weighted by Crippen LogP contribution is 2.39. The first-order valence-corrected chi connectivity index (χ1v) is 5.08. The van der Waals surface area contributed by atoms with Crippen molar-refractivity contribution in [3.05, 3.63) is 34.3 Å². The molecule has 0 aliphatic rings. The molecule has 1 rings (SSSR count). The first-order valence-electron chi connectivity index (χ1n) is 4.70. The van der Waals surface area contributed by atoms with Crippen molar-refractivity contribution in [2.75, 3.05) is 0 Å². The molecule has 0 spiro atoms. The van der Waals surface area contributed by atoms with E-state index < -0.39 is 35.4 Å². The van der Waals surface area contributed by atoms with Crippen LogP contribution in [0.4, 0.5) is 26.3 Å². The molecule has 2 N–H and O–H groups in total. The number of hydrogen-bond acceptors (Lipinski definition) is 1. The Morgan fingerprint density at radius 2 is 1.67 bits per heavy atom. The molecule has 0 radical (unpaired) electrons. The fourth-order valence-corrected chi connectivity index (χ4v) is 1.79. The lowest BCUT2D eigenvalue weighted by Crippen LogP contribution is -2.21. The molecule has 0 aromatic heterocycles. The zero-order valence-corrected chi connectivity index (χ0v) is 9.50. The molecular formula is C10H8ClF6N. The maximum atomic E-state index is 12.5. The zero-order chi connectivity index (χ0) is 14.1. The van der Waals surface area contributed by atoms with Gasteiger partial charge in [-0.25, -0.2) is 0 Å². The van der Waals surface area contributed by atoms with E-state index in [4.69, 9.17) is 17.3 Å². The SMILES string of the molecule is N[C@H](CC(F)(F)F)c1cccc(C(F)(F)F)c1Cl. The van der Waals surface area contributed by atoms with Crippen molar-refractivity contribution in [1.29, 1.82) is 0 Å². The van der Waals surface area contributed by atoms with Gasteiger partial charge in [-0.05, 0) is 11.6 Å². The van der Waals surface area contributed by atoms with Crippen LogP contribution in [0.2, 0.25) is 5.02 Å². The fraction of sp³-hybridized carbons (Fsp3) is 0.400. The summed E-state index contributed by atoms with van der Waals surface area (Å²) in [5, 5.41) is -0.790. The Balaban J connectivity index is 3.12. The zero-order valence-electron chi connectivity index (χ0n) is 8.74. The summed E-state index contributed by atoms with van der Waals surface area (Å²) < 4.78 is 73.8. The molecule has 0 heterocycles. The molecular weight excluding hydrogens is 284 g/mol. The molecule has 1 aromatic rings. The topological polar surface area (TPSA) is 26.0 Å². The highest BCUT2D eigenvalue weighted by atomic mass is 35.5. The van der Waals surface area contributed by atoms with Crippen LogP contribution in [0.1, 0.15) is 23.6 Å². The van der Waals surface area contributed by atoms with Crippen molar-refractivity contribution in [2.45, 2.75) is 24.8 Å². The maximum absolute atomic E-state index is 12.5. The van der Waals surface area contributed by atoms with Crippen LogP contribution in [0, 0.1) is 0 Å². The van der Waals surface area contributed by atoms with Crippen LogP contribution in [0.3, 0.4) is 0 Å². The number of hydrogen-bond donors (Lipinski definition) is 1. The smallest absolute Gasteiger partial charge is 0.324 e. The molecule has 0 aliphatic heterocycles. The van der Waals surface area contributed by atoms with Crippen LogP contribution >= 0.6 is 11.6 Å². The van der Waals surface area contributed by atoms with Crippen molar-refractivity contribution < 1.29 is 26.3 Å². The molecule has 0 unspecified atom stereocenters. The number of alkyl halides is 6. The van der Waals surface area contributed by atoms with E-state index in [1.165, 1.54) is 0 Å². The van der Waals surface area contributed by atoms with Gasteiger partial charge in [-0.15, -0.1) is 0 Å². The molecule has 0 saturated heterocycles. The lowest BCUT2D eigenvalue weighted by Gasteiger charge is -2.18.